The van der Waals surface area contributed by atoms with Crippen LogP contribution >= 0.6 is 0 Å². The Morgan fingerprint density at radius 3 is 2.67 bits per heavy atom. The molecule has 0 radical (unpaired) electrons. The molecule has 1 N–H and O–H groups in total. The molecule has 158 valence electrons. The third kappa shape index (κ3) is 4.29. The standard InChI is InChI=1S/C26H33N3O/c1-19-9-7-8-15-28(19)16-14-27-26(30)23-12-13-25-24(17-23)20(2)21(3)29(25)18-22-10-5-4-6-11-22/h4-6,10-13,17,19H,7-9,14-16,18H2,1-3H3,(H,27,30). The zero-order chi connectivity index (χ0) is 21.1. The van der Waals surface area contributed by atoms with Gasteiger partial charge in [-0.05, 0) is 69.5 Å². The normalized spacial score (nSPS) is 17.4. The first kappa shape index (κ1) is 20.7. The van der Waals surface area contributed by atoms with E-state index < -0.39 is 0 Å². The predicted octanol–water partition coefficient (Wildman–Crippen LogP) is 4.91. The first-order valence-corrected chi connectivity index (χ1v) is 11.2. The Balaban J connectivity index is 1.47. The summed E-state index contributed by atoms with van der Waals surface area (Å²) in [6.45, 7) is 10.2. The molecule has 0 bridgehead atoms. The van der Waals surface area contributed by atoms with E-state index in [9.17, 15) is 4.79 Å². The molecule has 1 saturated heterocycles. The van der Waals surface area contributed by atoms with Crippen LogP contribution in [0.15, 0.2) is 48.5 Å². The van der Waals surface area contributed by atoms with Gasteiger partial charge in [0.05, 0.1) is 0 Å². The number of benzene rings is 2. The van der Waals surface area contributed by atoms with Crippen molar-refractivity contribution in [3.8, 4) is 0 Å². The van der Waals surface area contributed by atoms with E-state index in [0.717, 1.165) is 25.2 Å². The van der Waals surface area contributed by atoms with Crippen molar-refractivity contribution in [2.45, 2.75) is 52.6 Å². The van der Waals surface area contributed by atoms with Crippen LogP contribution in [0.5, 0.6) is 0 Å². The van der Waals surface area contributed by atoms with Crippen molar-refractivity contribution in [2.24, 2.45) is 0 Å². The first-order chi connectivity index (χ1) is 14.5. The fraction of sp³-hybridized carbons (Fsp3) is 0.423. The number of carbonyl (C=O) groups is 1. The smallest absolute Gasteiger partial charge is 0.251 e. The van der Waals surface area contributed by atoms with Gasteiger partial charge in [-0.2, -0.15) is 0 Å². The molecule has 1 aliphatic heterocycles. The minimum absolute atomic E-state index is 0.0226. The van der Waals surface area contributed by atoms with Crippen molar-refractivity contribution in [1.29, 1.82) is 0 Å². The molecule has 1 aliphatic rings. The molecule has 1 fully saturated rings. The number of piperidine rings is 1. The lowest BCUT2D eigenvalue weighted by atomic mass is 10.0. The molecule has 1 unspecified atom stereocenters. The Morgan fingerprint density at radius 1 is 1.10 bits per heavy atom. The fourth-order valence-electron chi connectivity index (χ4n) is 4.67. The van der Waals surface area contributed by atoms with Gasteiger partial charge in [0.2, 0.25) is 0 Å². The van der Waals surface area contributed by atoms with E-state index in [1.54, 1.807) is 0 Å². The highest BCUT2D eigenvalue weighted by atomic mass is 16.1. The van der Waals surface area contributed by atoms with E-state index >= 15 is 0 Å². The number of likely N-dealkylation sites (tertiary alicyclic amines) is 1. The summed E-state index contributed by atoms with van der Waals surface area (Å²) in [6, 6.07) is 17.3. The largest absolute Gasteiger partial charge is 0.351 e. The number of amides is 1. The van der Waals surface area contributed by atoms with E-state index in [1.807, 2.05) is 12.1 Å². The molecule has 0 aliphatic carbocycles. The molecule has 4 heteroatoms. The third-order valence-electron chi connectivity index (χ3n) is 6.71. The lowest BCUT2D eigenvalue weighted by molar-refractivity contribution is 0.0938. The summed E-state index contributed by atoms with van der Waals surface area (Å²) in [4.78, 5) is 15.3. The van der Waals surface area contributed by atoms with Crippen LogP contribution in [0.25, 0.3) is 10.9 Å². The highest BCUT2D eigenvalue weighted by Crippen LogP contribution is 2.27. The van der Waals surface area contributed by atoms with Gasteiger partial charge in [0, 0.05) is 47.8 Å². The predicted molar refractivity (Wildman–Crippen MR) is 124 cm³/mol. The Labute approximate surface area is 179 Å². The fourth-order valence-corrected chi connectivity index (χ4v) is 4.67. The number of fused-ring (bicyclic) bond motifs is 1. The van der Waals surface area contributed by atoms with Crippen molar-refractivity contribution >= 4 is 16.8 Å². The molecule has 1 amide bonds. The maximum Gasteiger partial charge on any atom is 0.251 e. The number of aryl methyl sites for hydroxylation is 1. The number of hydrogen-bond donors (Lipinski definition) is 1. The average molecular weight is 404 g/mol. The average Bonchev–Trinajstić information content (AvgIpc) is 3.00. The number of nitrogens with zero attached hydrogens (tertiary/aromatic N) is 2. The zero-order valence-electron chi connectivity index (χ0n) is 18.4. The molecule has 4 nitrogen and oxygen atoms in total. The minimum atomic E-state index is 0.0226. The van der Waals surface area contributed by atoms with Crippen LogP contribution in [-0.2, 0) is 6.54 Å². The van der Waals surface area contributed by atoms with Crippen LogP contribution in [0, 0.1) is 13.8 Å². The Hall–Kier alpha value is -2.59. The summed E-state index contributed by atoms with van der Waals surface area (Å²) in [5, 5.41) is 4.29. The molecule has 2 aromatic carbocycles. The molecule has 0 spiro atoms. The molecule has 30 heavy (non-hydrogen) atoms. The van der Waals surface area contributed by atoms with Crippen LogP contribution in [0.3, 0.4) is 0 Å². The second kappa shape index (κ2) is 9.05. The maximum atomic E-state index is 12.8. The number of carbonyl (C=O) groups excluding carboxylic acids is 1. The summed E-state index contributed by atoms with van der Waals surface area (Å²) in [7, 11) is 0. The van der Waals surface area contributed by atoms with E-state index in [0.29, 0.717) is 12.6 Å². The van der Waals surface area contributed by atoms with Gasteiger partial charge in [-0.1, -0.05) is 36.8 Å². The second-order valence-corrected chi connectivity index (χ2v) is 8.65. The molecular weight excluding hydrogens is 370 g/mol. The summed E-state index contributed by atoms with van der Waals surface area (Å²) >= 11 is 0. The van der Waals surface area contributed by atoms with Crippen molar-refractivity contribution in [3.63, 3.8) is 0 Å². The molecule has 2 heterocycles. The highest BCUT2D eigenvalue weighted by molar-refractivity contribution is 5.99. The van der Waals surface area contributed by atoms with Crippen molar-refractivity contribution in [3.05, 3.63) is 70.9 Å². The monoisotopic (exact) mass is 403 g/mol. The second-order valence-electron chi connectivity index (χ2n) is 8.65. The molecule has 0 saturated carbocycles. The number of nitrogens with one attached hydrogen (secondary N) is 1. The van der Waals surface area contributed by atoms with Gasteiger partial charge < -0.3 is 9.88 Å². The van der Waals surface area contributed by atoms with Crippen LogP contribution in [0.2, 0.25) is 0 Å². The van der Waals surface area contributed by atoms with Crippen molar-refractivity contribution in [1.82, 2.24) is 14.8 Å². The van der Waals surface area contributed by atoms with Crippen LogP contribution in [0.4, 0.5) is 0 Å². The summed E-state index contributed by atoms with van der Waals surface area (Å²) in [6.07, 6.45) is 3.86. The third-order valence-corrected chi connectivity index (χ3v) is 6.71. The molecule has 1 aromatic heterocycles. The van der Waals surface area contributed by atoms with Gasteiger partial charge in [0.25, 0.3) is 5.91 Å². The van der Waals surface area contributed by atoms with E-state index in [-0.39, 0.29) is 5.91 Å². The summed E-state index contributed by atoms with van der Waals surface area (Å²) in [5.74, 6) is 0.0226. The number of hydrogen-bond acceptors (Lipinski definition) is 2. The van der Waals surface area contributed by atoms with Crippen molar-refractivity contribution in [2.75, 3.05) is 19.6 Å². The van der Waals surface area contributed by atoms with Gasteiger partial charge in [-0.15, -0.1) is 0 Å². The van der Waals surface area contributed by atoms with E-state index in [4.69, 9.17) is 0 Å². The quantitative estimate of drug-likeness (QED) is 0.635. The molecule has 3 aromatic rings. The topological polar surface area (TPSA) is 37.3 Å². The van der Waals surface area contributed by atoms with Gasteiger partial charge in [-0.25, -0.2) is 0 Å². The minimum Gasteiger partial charge on any atom is -0.351 e. The van der Waals surface area contributed by atoms with Gasteiger partial charge in [-0.3, -0.25) is 9.69 Å². The Kier molecular flexibility index (Phi) is 6.24. The molecule has 4 rings (SSSR count). The van der Waals surface area contributed by atoms with Gasteiger partial charge in [0.1, 0.15) is 0 Å². The molecule has 1 atom stereocenters. The summed E-state index contributed by atoms with van der Waals surface area (Å²) < 4.78 is 2.35. The number of rotatable bonds is 6. The van der Waals surface area contributed by atoms with E-state index in [1.165, 1.54) is 47.0 Å². The van der Waals surface area contributed by atoms with Crippen LogP contribution in [0.1, 0.15) is 53.4 Å². The summed E-state index contributed by atoms with van der Waals surface area (Å²) in [5.41, 5.74) is 5.72. The zero-order valence-corrected chi connectivity index (χ0v) is 18.4. The first-order valence-electron chi connectivity index (χ1n) is 11.2. The van der Waals surface area contributed by atoms with Crippen LogP contribution < -0.4 is 5.32 Å². The SMILES string of the molecule is Cc1c(C)n(Cc2ccccc2)c2ccc(C(=O)NCCN3CCCCC3C)cc12. The van der Waals surface area contributed by atoms with Crippen molar-refractivity contribution < 1.29 is 4.79 Å². The van der Waals surface area contributed by atoms with Gasteiger partial charge >= 0.3 is 0 Å². The van der Waals surface area contributed by atoms with E-state index in [2.05, 4.69) is 72.0 Å². The van der Waals surface area contributed by atoms with Gasteiger partial charge in [0.15, 0.2) is 0 Å². The Morgan fingerprint density at radius 2 is 1.90 bits per heavy atom. The lowest BCUT2D eigenvalue weighted by Gasteiger charge is -2.33. The maximum absolute atomic E-state index is 12.8. The Bertz CT molecular complexity index is 1020. The highest BCUT2D eigenvalue weighted by Gasteiger charge is 2.18. The molecular formula is C26H33N3O. The van der Waals surface area contributed by atoms with Crippen LogP contribution in [-0.4, -0.2) is 41.1 Å². The number of aromatic nitrogens is 1. The lowest BCUT2D eigenvalue weighted by Crippen LogP contribution is -2.42.